The summed E-state index contributed by atoms with van der Waals surface area (Å²) in [6.07, 6.45) is 15.7. The molecule has 0 saturated carbocycles. The molecule has 0 aliphatic carbocycles. The Morgan fingerprint density at radius 3 is 1.70 bits per heavy atom. The number of nitrogens with one attached hydrogen (secondary N) is 1. The van der Waals surface area contributed by atoms with E-state index in [1.54, 1.807) is 0 Å². The van der Waals surface area contributed by atoms with Crippen LogP contribution in [-0.2, 0) is 9.59 Å². The molecule has 0 aliphatic heterocycles. The number of allylic oxidation sites excluding steroid dienone is 7. The van der Waals surface area contributed by atoms with Crippen LogP contribution in [0.15, 0.2) is 46.6 Å². The number of carbonyl (C=O) groups is 2. The number of aliphatic carboxylic acids is 1. The first-order valence-electron chi connectivity index (χ1n) is 10.8. The van der Waals surface area contributed by atoms with Crippen molar-refractivity contribution in [2.24, 2.45) is 0 Å². The highest BCUT2D eigenvalue weighted by Crippen LogP contribution is 2.14. The number of carboxylic acid groups (broad SMARTS) is 1. The van der Waals surface area contributed by atoms with E-state index in [-0.39, 0.29) is 5.91 Å². The van der Waals surface area contributed by atoms with Crippen molar-refractivity contribution in [3.05, 3.63) is 46.6 Å². The van der Waals surface area contributed by atoms with Gasteiger partial charge in [-0.15, -0.1) is 0 Å². The molecule has 5 heteroatoms. The summed E-state index contributed by atoms with van der Waals surface area (Å²) < 4.78 is 0. The molecule has 0 bridgehead atoms. The van der Waals surface area contributed by atoms with Crippen LogP contribution >= 0.6 is 11.8 Å². The van der Waals surface area contributed by atoms with Crippen molar-refractivity contribution in [2.45, 2.75) is 86.1 Å². The van der Waals surface area contributed by atoms with Gasteiger partial charge in [0.25, 0.3) is 0 Å². The predicted molar refractivity (Wildman–Crippen MR) is 131 cm³/mol. The number of hydrogen-bond acceptors (Lipinski definition) is 3. The Morgan fingerprint density at radius 1 is 0.800 bits per heavy atom. The maximum absolute atomic E-state index is 11.1. The molecule has 30 heavy (non-hydrogen) atoms. The summed E-state index contributed by atoms with van der Waals surface area (Å²) >= 11 is 1.52. The van der Waals surface area contributed by atoms with Crippen molar-refractivity contribution in [2.75, 3.05) is 11.5 Å². The van der Waals surface area contributed by atoms with E-state index in [9.17, 15) is 9.59 Å². The smallest absolute Gasteiger partial charge is 0.327 e. The van der Waals surface area contributed by atoms with E-state index in [4.69, 9.17) is 5.11 Å². The van der Waals surface area contributed by atoms with Gasteiger partial charge in [-0.2, -0.15) is 11.8 Å². The minimum absolute atomic E-state index is 0.314. The van der Waals surface area contributed by atoms with Gasteiger partial charge in [-0.25, -0.2) is 4.79 Å². The number of amides is 1. The van der Waals surface area contributed by atoms with Gasteiger partial charge in [0.1, 0.15) is 6.04 Å². The summed E-state index contributed by atoms with van der Waals surface area (Å²) in [6.45, 7) is 12.2. The minimum Gasteiger partial charge on any atom is -0.480 e. The van der Waals surface area contributed by atoms with Gasteiger partial charge in [0.05, 0.1) is 0 Å². The number of carbonyl (C=O) groups excluding carboxylic acids is 1. The largest absolute Gasteiger partial charge is 0.480 e. The molecular formula is C25H41NO3S. The van der Waals surface area contributed by atoms with E-state index in [1.807, 2.05) is 0 Å². The lowest BCUT2D eigenvalue weighted by Gasteiger charge is -2.12. The number of hydrogen-bond donors (Lipinski definition) is 2. The molecule has 0 saturated heterocycles. The summed E-state index contributed by atoms with van der Waals surface area (Å²) in [5, 5.41) is 11.6. The van der Waals surface area contributed by atoms with Gasteiger partial charge in [-0.05, 0) is 73.1 Å². The van der Waals surface area contributed by atoms with Crippen LogP contribution in [0.2, 0.25) is 0 Å². The molecule has 1 atom stereocenters. The van der Waals surface area contributed by atoms with Crippen LogP contribution in [0.1, 0.15) is 80.1 Å². The molecule has 0 aliphatic rings. The molecule has 0 aromatic heterocycles. The highest BCUT2D eigenvalue weighted by molar-refractivity contribution is 7.99. The van der Waals surface area contributed by atoms with Gasteiger partial charge in [-0.3, -0.25) is 4.79 Å². The minimum atomic E-state index is -0.989. The first-order chi connectivity index (χ1) is 14.1. The van der Waals surface area contributed by atoms with Crippen LogP contribution in [0, 0.1) is 0 Å². The Balaban J connectivity index is 4.12. The average molecular weight is 436 g/mol. The second kappa shape index (κ2) is 17.0. The SMILES string of the molecule is CC(=O)N[C@H](CSC/C=C(\C)CC/C=C(\C)CC/C=C(\C)CCC=C(C)C)C(=O)O. The van der Waals surface area contributed by atoms with Crippen LogP contribution in [0.3, 0.4) is 0 Å². The zero-order valence-corrected chi connectivity index (χ0v) is 20.5. The lowest BCUT2D eigenvalue weighted by atomic mass is 10.0. The van der Waals surface area contributed by atoms with Gasteiger partial charge in [0.2, 0.25) is 5.91 Å². The maximum Gasteiger partial charge on any atom is 0.327 e. The lowest BCUT2D eigenvalue weighted by molar-refractivity contribution is -0.140. The van der Waals surface area contributed by atoms with Crippen molar-refractivity contribution in [1.82, 2.24) is 5.32 Å². The van der Waals surface area contributed by atoms with E-state index >= 15 is 0 Å². The summed E-state index contributed by atoms with van der Waals surface area (Å²) in [4.78, 5) is 22.1. The highest BCUT2D eigenvalue weighted by atomic mass is 32.2. The molecule has 0 unspecified atom stereocenters. The topological polar surface area (TPSA) is 66.4 Å². The molecule has 0 aromatic carbocycles. The van der Waals surface area contributed by atoms with Crippen LogP contribution in [-0.4, -0.2) is 34.5 Å². The molecular weight excluding hydrogens is 394 g/mol. The molecule has 0 heterocycles. The van der Waals surface area contributed by atoms with E-state index in [1.165, 1.54) is 41.0 Å². The fourth-order valence-electron chi connectivity index (χ4n) is 2.79. The average Bonchev–Trinajstić information content (AvgIpc) is 2.63. The Bertz CT molecular complexity index is 655. The van der Waals surface area contributed by atoms with E-state index in [0.717, 1.165) is 44.3 Å². The maximum atomic E-state index is 11.1. The van der Waals surface area contributed by atoms with Gasteiger partial charge in [0.15, 0.2) is 0 Å². The molecule has 1 amide bonds. The fourth-order valence-corrected chi connectivity index (χ4v) is 3.79. The molecule has 2 N–H and O–H groups in total. The van der Waals surface area contributed by atoms with Gasteiger partial charge < -0.3 is 10.4 Å². The third kappa shape index (κ3) is 17.1. The molecule has 170 valence electrons. The quantitative estimate of drug-likeness (QED) is 0.229. The first-order valence-corrected chi connectivity index (χ1v) is 11.9. The molecule has 4 nitrogen and oxygen atoms in total. The van der Waals surface area contributed by atoms with Crippen LogP contribution < -0.4 is 5.32 Å². The van der Waals surface area contributed by atoms with Gasteiger partial charge >= 0.3 is 5.97 Å². The third-order valence-electron chi connectivity index (χ3n) is 4.66. The Labute approximate surface area is 188 Å². The highest BCUT2D eigenvalue weighted by Gasteiger charge is 2.17. The first kappa shape index (κ1) is 28.2. The summed E-state index contributed by atoms with van der Waals surface area (Å²) in [6, 6.07) is -0.822. The Morgan fingerprint density at radius 2 is 1.27 bits per heavy atom. The van der Waals surface area contributed by atoms with Crippen molar-refractivity contribution in [1.29, 1.82) is 0 Å². The van der Waals surface area contributed by atoms with E-state index < -0.39 is 12.0 Å². The molecule has 0 spiro atoms. The normalized spacial score (nSPS) is 13.7. The van der Waals surface area contributed by atoms with Gasteiger partial charge in [-0.1, -0.05) is 46.6 Å². The molecule has 0 radical (unpaired) electrons. The Kier molecular flexibility index (Phi) is 16.0. The van der Waals surface area contributed by atoms with E-state index in [0.29, 0.717) is 5.75 Å². The molecule has 0 rings (SSSR count). The van der Waals surface area contributed by atoms with Crippen LogP contribution in [0.4, 0.5) is 0 Å². The number of rotatable bonds is 15. The zero-order chi connectivity index (χ0) is 22.9. The summed E-state index contributed by atoms with van der Waals surface area (Å²) in [5.41, 5.74) is 5.61. The predicted octanol–water partition coefficient (Wildman–Crippen LogP) is 6.45. The molecule has 0 aromatic rings. The monoisotopic (exact) mass is 435 g/mol. The molecule has 0 fully saturated rings. The van der Waals surface area contributed by atoms with Gasteiger partial charge in [0, 0.05) is 18.4 Å². The van der Waals surface area contributed by atoms with Crippen molar-refractivity contribution >= 4 is 23.6 Å². The Hall–Kier alpha value is -1.75. The van der Waals surface area contributed by atoms with E-state index in [2.05, 4.69) is 64.2 Å². The van der Waals surface area contributed by atoms with Crippen LogP contribution in [0.5, 0.6) is 0 Å². The summed E-state index contributed by atoms with van der Waals surface area (Å²) in [7, 11) is 0. The second-order valence-electron chi connectivity index (χ2n) is 8.18. The van der Waals surface area contributed by atoms with Crippen LogP contribution in [0.25, 0.3) is 0 Å². The number of carboxylic acids is 1. The fraction of sp³-hybridized carbons (Fsp3) is 0.600. The van der Waals surface area contributed by atoms with Crippen molar-refractivity contribution in [3.63, 3.8) is 0 Å². The standard InChI is InChI=1S/C25H41NO3S/c1-19(2)10-7-11-20(3)12-8-13-21(4)14-9-15-22(5)16-17-30-18-24(25(28)29)26-23(6)27/h10,12,14,16,24H,7-9,11,13,15,17-18H2,1-6H3,(H,26,27)(H,28,29)/b20-12+,21-14+,22-16+/t24-/m1/s1. The zero-order valence-electron chi connectivity index (χ0n) is 19.7. The summed E-state index contributed by atoms with van der Waals surface area (Å²) in [5.74, 6) is -0.170. The second-order valence-corrected chi connectivity index (χ2v) is 9.25. The number of thioether (sulfide) groups is 1. The third-order valence-corrected chi connectivity index (χ3v) is 5.64. The van der Waals surface area contributed by atoms with Crippen molar-refractivity contribution < 1.29 is 14.7 Å². The lowest BCUT2D eigenvalue weighted by Crippen LogP contribution is -2.41. The van der Waals surface area contributed by atoms with Crippen molar-refractivity contribution in [3.8, 4) is 0 Å².